The van der Waals surface area contributed by atoms with Gasteiger partial charge >= 0.3 is 0 Å². The van der Waals surface area contributed by atoms with Crippen molar-refractivity contribution in [3.05, 3.63) is 30.5 Å². The van der Waals surface area contributed by atoms with Crippen molar-refractivity contribution in [3.8, 4) is 5.75 Å². The first-order valence-corrected chi connectivity index (χ1v) is 6.57. The lowest BCUT2D eigenvalue weighted by Crippen LogP contribution is -1.96. The smallest absolute Gasteiger partial charge is 0.128 e. The average Bonchev–Trinajstić information content (AvgIpc) is 2.75. The van der Waals surface area contributed by atoms with Crippen LogP contribution in [-0.2, 0) is 6.54 Å². The van der Waals surface area contributed by atoms with Gasteiger partial charge in [0.05, 0.1) is 12.1 Å². The van der Waals surface area contributed by atoms with Crippen molar-refractivity contribution in [1.82, 2.24) is 4.57 Å². The maximum Gasteiger partial charge on any atom is 0.128 e. The van der Waals surface area contributed by atoms with Crippen LogP contribution in [0.5, 0.6) is 5.75 Å². The molecule has 0 atom stereocenters. The summed E-state index contributed by atoms with van der Waals surface area (Å²) in [7, 11) is 0. The van der Waals surface area contributed by atoms with E-state index in [1.54, 1.807) is 0 Å². The Morgan fingerprint density at radius 2 is 2.00 bits per heavy atom. The van der Waals surface area contributed by atoms with E-state index >= 15 is 0 Å². The second-order valence-electron chi connectivity index (χ2n) is 4.34. The molecule has 92 valence electrons. The molecule has 2 aromatic rings. The van der Waals surface area contributed by atoms with Crippen LogP contribution in [0.2, 0.25) is 0 Å². The van der Waals surface area contributed by atoms with Gasteiger partial charge in [-0.25, -0.2) is 0 Å². The number of aryl methyl sites for hydroxylation is 1. The van der Waals surface area contributed by atoms with Gasteiger partial charge in [0, 0.05) is 18.1 Å². The van der Waals surface area contributed by atoms with Crippen LogP contribution in [-0.4, -0.2) is 11.2 Å². The summed E-state index contributed by atoms with van der Waals surface area (Å²) in [5.41, 5.74) is 1.28. The van der Waals surface area contributed by atoms with Gasteiger partial charge in [0.25, 0.3) is 0 Å². The quantitative estimate of drug-likeness (QED) is 0.679. The number of aromatic nitrogens is 1. The van der Waals surface area contributed by atoms with Gasteiger partial charge in [0.1, 0.15) is 5.75 Å². The molecule has 0 amide bonds. The number of nitrogens with zero attached hydrogens (tertiary/aromatic N) is 1. The van der Waals surface area contributed by atoms with E-state index in [0.29, 0.717) is 0 Å². The number of ether oxygens (including phenoxy) is 1. The molecule has 0 aliphatic rings. The molecule has 2 heteroatoms. The Labute approximate surface area is 103 Å². The highest BCUT2D eigenvalue weighted by Crippen LogP contribution is 2.26. The number of hydrogen-bond donors (Lipinski definition) is 0. The van der Waals surface area contributed by atoms with Crippen LogP contribution in [0, 0.1) is 0 Å². The van der Waals surface area contributed by atoms with Crippen LogP contribution in [0.25, 0.3) is 10.9 Å². The van der Waals surface area contributed by atoms with Crippen LogP contribution in [0.4, 0.5) is 0 Å². The molecule has 1 aromatic carbocycles. The minimum absolute atomic E-state index is 0.722. The zero-order valence-corrected chi connectivity index (χ0v) is 10.8. The first-order valence-electron chi connectivity index (χ1n) is 6.57. The monoisotopic (exact) mass is 231 g/mol. The fourth-order valence-electron chi connectivity index (χ4n) is 2.20. The Kier molecular flexibility index (Phi) is 4.08. The highest BCUT2D eigenvalue weighted by atomic mass is 16.5. The number of benzene rings is 1. The second-order valence-corrected chi connectivity index (χ2v) is 4.34. The predicted molar refractivity (Wildman–Crippen MR) is 72.6 cm³/mol. The van der Waals surface area contributed by atoms with Gasteiger partial charge in [-0.3, -0.25) is 0 Å². The Morgan fingerprint density at radius 1 is 1.12 bits per heavy atom. The van der Waals surface area contributed by atoms with Crippen molar-refractivity contribution in [1.29, 1.82) is 0 Å². The lowest BCUT2D eigenvalue weighted by atomic mass is 10.2. The number of fused-ring (bicyclic) bond motifs is 1. The van der Waals surface area contributed by atoms with E-state index in [1.807, 2.05) is 13.0 Å². The van der Waals surface area contributed by atoms with Crippen LogP contribution in [0.1, 0.15) is 33.1 Å². The molecule has 0 saturated heterocycles. The van der Waals surface area contributed by atoms with Gasteiger partial charge in [-0.15, -0.1) is 0 Å². The Bertz CT molecular complexity index is 473. The molecular formula is C15H21NO. The molecule has 0 bridgehead atoms. The van der Waals surface area contributed by atoms with Gasteiger partial charge < -0.3 is 9.30 Å². The van der Waals surface area contributed by atoms with E-state index < -0.39 is 0 Å². The van der Waals surface area contributed by atoms with Gasteiger partial charge in [0.15, 0.2) is 0 Å². The summed E-state index contributed by atoms with van der Waals surface area (Å²) >= 11 is 0. The molecule has 0 aliphatic heterocycles. The summed E-state index contributed by atoms with van der Waals surface area (Å²) in [4.78, 5) is 0. The SMILES string of the molecule is CCCCCn1ccc2c(OCC)cccc21. The average molecular weight is 231 g/mol. The van der Waals surface area contributed by atoms with Crippen molar-refractivity contribution in [2.45, 2.75) is 39.7 Å². The first-order chi connectivity index (χ1) is 8.36. The van der Waals surface area contributed by atoms with Gasteiger partial charge in [-0.1, -0.05) is 25.8 Å². The Hall–Kier alpha value is -1.44. The molecule has 0 fully saturated rings. The summed E-state index contributed by atoms with van der Waals surface area (Å²) < 4.78 is 7.97. The lowest BCUT2D eigenvalue weighted by Gasteiger charge is -2.07. The fourth-order valence-corrected chi connectivity index (χ4v) is 2.20. The van der Waals surface area contributed by atoms with Crippen molar-refractivity contribution in [3.63, 3.8) is 0 Å². The van der Waals surface area contributed by atoms with Crippen molar-refractivity contribution in [2.24, 2.45) is 0 Å². The highest BCUT2D eigenvalue weighted by molar-refractivity contribution is 5.86. The molecule has 0 aliphatic carbocycles. The van der Waals surface area contributed by atoms with Crippen LogP contribution in [0.15, 0.2) is 30.5 Å². The van der Waals surface area contributed by atoms with Gasteiger partial charge in [0.2, 0.25) is 0 Å². The maximum atomic E-state index is 5.64. The van der Waals surface area contributed by atoms with E-state index in [-0.39, 0.29) is 0 Å². The van der Waals surface area contributed by atoms with E-state index in [1.165, 1.54) is 30.2 Å². The second kappa shape index (κ2) is 5.76. The summed E-state index contributed by atoms with van der Waals surface area (Å²) in [5.74, 6) is 0.999. The molecule has 1 aromatic heterocycles. The zero-order chi connectivity index (χ0) is 12.1. The minimum Gasteiger partial charge on any atom is -0.493 e. The van der Waals surface area contributed by atoms with Crippen LogP contribution < -0.4 is 4.74 Å². The van der Waals surface area contributed by atoms with Crippen molar-refractivity contribution in [2.75, 3.05) is 6.61 Å². The third-order valence-electron chi connectivity index (χ3n) is 3.08. The molecule has 0 saturated carbocycles. The largest absolute Gasteiger partial charge is 0.493 e. The lowest BCUT2D eigenvalue weighted by molar-refractivity contribution is 0.344. The van der Waals surface area contributed by atoms with E-state index in [4.69, 9.17) is 4.74 Å². The first kappa shape index (κ1) is 12.0. The van der Waals surface area contributed by atoms with Gasteiger partial charge in [-0.2, -0.15) is 0 Å². The summed E-state index contributed by atoms with van der Waals surface area (Å²) in [6.45, 7) is 6.09. The number of unbranched alkanes of at least 4 members (excludes halogenated alkanes) is 2. The third-order valence-corrected chi connectivity index (χ3v) is 3.08. The minimum atomic E-state index is 0.722. The van der Waals surface area contributed by atoms with Crippen LogP contribution >= 0.6 is 0 Å². The summed E-state index contributed by atoms with van der Waals surface area (Å²) in [6.07, 6.45) is 5.98. The van der Waals surface area contributed by atoms with Crippen LogP contribution in [0.3, 0.4) is 0 Å². The fraction of sp³-hybridized carbons (Fsp3) is 0.467. The van der Waals surface area contributed by atoms with Crippen molar-refractivity contribution >= 4 is 10.9 Å². The topological polar surface area (TPSA) is 14.2 Å². The zero-order valence-electron chi connectivity index (χ0n) is 10.8. The maximum absolute atomic E-state index is 5.64. The molecule has 1 heterocycles. The third kappa shape index (κ3) is 2.63. The molecule has 0 radical (unpaired) electrons. The number of rotatable bonds is 6. The molecule has 0 N–H and O–H groups in total. The van der Waals surface area contributed by atoms with E-state index in [2.05, 4.69) is 35.9 Å². The van der Waals surface area contributed by atoms with E-state index in [0.717, 1.165) is 18.9 Å². The highest BCUT2D eigenvalue weighted by Gasteiger charge is 2.05. The molecule has 0 spiro atoms. The molecular weight excluding hydrogens is 210 g/mol. The standard InChI is InChI=1S/C15H21NO/c1-3-5-6-11-16-12-10-13-14(16)8-7-9-15(13)17-4-2/h7-10,12H,3-6,11H2,1-2H3. The molecule has 2 nitrogen and oxygen atoms in total. The normalized spacial score (nSPS) is 10.9. The predicted octanol–water partition coefficient (Wildman–Crippen LogP) is 4.23. The van der Waals surface area contributed by atoms with E-state index in [9.17, 15) is 0 Å². The van der Waals surface area contributed by atoms with Crippen molar-refractivity contribution < 1.29 is 4.74 Å². The number of hydrogen-bond acceptors (Lipinski definition) is 1. The Morgan fingerprint density at radius 3 is 2.76 bits per heavy atom. The molecule has 17 heavy (non-hydrogen) atoms. The summed E-state index contributed by atoms with van der Waals surface area (Å²) in [5, 5.41) is 1.23. The van der Waals surface area contributed by atoms with Gasteiger partial charge in [-0.05, 0) is 31.5 Å². The molecule has 0 unspecified atom stereocenters. The molecule has 2 rings (SSSR count). The summed E-state index contributed by atoms with van der Waals surface area (Å²) in [6, 6.07) is 8.45. The Balaban J connectivity index is 2.24.